The van der Waals surface area contributed by atoms with Crippen LogP contribution in [0.5, 0.6) is 0 Å². The third-order valence-electron chi connectivity index (χ3n) is 26.2. The first-order valence-corrected chi connectivity index (χ1v) is 45.7. The maximum Gasteiger partial charge on any atom is 0.164 e. The number of fused-ring (bicyclic) bond motifs is 10. The first kappa shape index (κ1) is 80.5. The van der Waals surface area contributed by atoms with Crippen molar-refractivity contribution < 1.29 is 0 Å². The van der Waals surface area contributed by atoms with Crippen LogP contribution in [0.1, 0.15) is 31.2 Å². The first-order valence-electron chi connectivity index (χ1n) is 45.7. The second-order valence-corrected chi connectivity index (χ2v) is 34.3. The van der Waals surface area contributed by atoms with E-state index in [-0.39, 0.29) is 0 Å². The topological polar surface area (TPSA) is 111 Å². The Bertz CT molecular complexity index is 8230. The van der Waals surface area contributed by atoms with E-state index in [1.807, 2.05) is 97.2 Å². The van der Waals surface area contributed by atoms with E-state index in [0.29, 0.717) is 29.6 Å². The molecule has 19 aromatic carbocycles. The predicted molar refractivity (Wildman–Crippen MR) is 552 cm³/mol. The summed E-state index contributed by atoms with van der Waals surface area (Å²) in [5, 5.41) is 13.3. The van der Waals surface area contributed by atoms with E-state index in [1.54, 1.807) is 6.20 Å². The van der Waals surface area contributed by atoms with Crippen LogP contribution in [0.15, 0.2) is 460 Å². The molecule has 0 spiro atoms. The molecule has 1 aliphatic carbocycles. The molecule has 2 aliphatic rings. The minimum absolute atomic E-state index is 0.379. The largest absolute Gasteiger partial charge is 0.327 e. The maximum atomic E-state index is 5.29. The molecule has 0 radical (unpaired) electrons. The van der Waals surface area contributed by atoms with Gasteiger partial charge < -0.3 is 9.47 Å². The molecule has 630 valence electrons. The maximum absolute atomic E-state index is 5.29. The van der Waals surface area contributed by atoms with Gasteiger partial charge in [0.05, 0.1) is 34.3 Å². The highest BCUT2D eigenvalue weighted by Gasteiger charge is 2.39. The molecule has 0 amide bonds. The van der Waals surface area contributed by atoms with Crippen LogP contribution in [0.4, 0.5) is 5.69 Å². The molecule has 2 atom stereocenters. The van der Waals surface area contributed by atoms with Gasteiger partial charge >= 0.3 is 0 Å². The van der Waals surface area contributed by atoms with Crippen molar-refractivity contribution in [2.75, 3.05) is 4.90 Å². The van der Waals surface area contributed by atoms with Gasteiger partial charge in [-0.1, -0.05) is 389 Å². The van der Waals surface area contributed by atoms with Crippen molar-refractivity contribution in [2.45, 2.75) is 37.8 Å². The molecule has 10 nitrogen and oxygen atoms in total. The molecule has 2 unspecified atom stereocenters. The Morgan fingerprint density at radius 1 is 0.263 bits per heavy atom. The molecule has 1 saturated carbocycles. The van der Waals surface area contributed by atoms with Gasteiger partial charge in [-0.05, 0) is 189 Å². The number of amidine groups is 1. The molecule has 4 aromatic heterocycles. The van der Waals surface area contributed by atoms with Crippen molar-refractivity contribution in [3.8, 4) is 135 Å². The smallest absolute Gasteiger partial charge is 0.164 e. The predicted octanol–water partition coefficient (Wildman–Crippen LogP) is 30.8. The zero-order valence-corrected chi connectivity index (χ0v) is 73.3. The molecule has 10 heteroatoms. The average molecular weight is 1710 g/mol. The third kappa shape index (κ3) is 15.8. The minimum atomic E-state index is 0.379. The summed E-state index contributed by atoms with van der Waals surface area (Å²) in [5.74, 6) is 4.72. The molecule has 1 fully saturated rings. The monoisotopic (exact) mass is 1700 g/mol. The number of aromatic nitrogens is 8. The van der Waals surface area contributed by atoms with Crippen LogP contribution in [-0.4, -0.2) is 57.4 Å². The van der Waals surface area contributed by atoms with E-state index in [9.17, 15) is 0 Å². The van der Waals surface area contributed by atoms with E-state index < -0.39 is 0 Å². The number of hydrogen-bond donors (Lipinski definition) is 0. The lowest BCUT2D eigenvalue weighted by Gasteiger charge is -2.33. The van der Waals surface area contributed by atoms with Crippen LogP contribution in [0.2, 0.25) is 0 Å². The van der Waals surface area contributed by atoms with Gasteiger partial charge in [0, 0.05) is 80.4 Å². The van der Waals surface area contributed by atoms with E-state index >= 15 is 0 Å². The van der Waals surface area contributed by atoms with Crippen molar-refractivity contribution in [3.63, 3.8) is 0 Å². The normalized spacial score (nSPS) is 13.5. The lowest BCUT2D eigenvalue weighted by Crippen LogP contribution is -2.41. The van der Waals surface area contributed by atoms with Gasteiger partial charge in [-0.2, -0.15) is 0 Å². The van der Waals surface area contributed by atoms with Crippen LogP contribution in [0.25, 0.3) is 211 Å². The number of benzene rings is 19. The van der Waals surface area contributed by atoms with Crippen LogP contribution in [0, 0.1) is 0 Å². The van der Waals surface area contributed by atoms with Crippen molar-refractivity contribution in [1.29, 1.82) is 0 Å². The fourth-order valence-corrected chi connectivity index (χ4v) is 19.7. The van der Waals surface area contributed by atoms with Crippen molar-refractivity contribution in [2.24, 2.45) is 12.0 Å². The van der Waals surface area contributed by atoms with E-state index in [4.69, 9.17) is 34.9 Å². The summed E-state index contributed by atoms with van der Waals surface area (Å²) in [7, 11) is 2.09. The minimum Gasteiger partial charge on any atom is -0.327 e. The van der Waals surface area contributed by atoms with Gasteiger partial charge in [0.25, 0.3) is 0 Å². The Labute approximate surface area is 772 Å². The number of para-hydroxylation sites is 1. The number of pyridine rings is 1. The molecule has 133 heavy (non-hydrogen) atoms. The van der Waals surface area contributed by atoms with Crippen LogP contribution < -0.4 is 4.90 Å². The lowest BCUT2D eigenvalue weighted by atomic mass is 9.85. The summed E-state index contributed by atoms with van der Waals surface area (Å²) in [4.78, 5) is 42.5. The van der Waals surface area contributed by atoms with E-state index in [0.717, 1.165) is 112 Å². The lowest BCUT2D eigenvalue weighted by molar-refractivity contribution is 0.405. The van der Waals surface area contributed by atoms with Crippen LogP contribution in [0.3, 0.4) is 0 Å². The van der Waals surface area contributed by atoms with E-state index in [2.05, 4.69) is 373 Å². The van der Waals surface area contributed by atoms with Crippen molar-refractivity contribution >= 4 is 87.3 Å². The summed E-state index contributed by atoms with van der Waals surface area (Å²) in [6.07, 6.45) is 8.62. The molecule has 25 rings (SSSR count). The van der Waals surface area contributed by atoms with Gasteiger partial charge in [-0.3, -0.25) is 9.98 Å². The van der Waals surface area contributed by atoms with Crippen molar-refractivity contribution in [1.82, 2.24) is 39.5 Å². The van der Waals surface area contributed by atoms with Gasteiger partial charge in [0.15, 0.2) is 23.3 Å². The number of hydrogen-bond acceptors (Lipinski definition) is 9. The number of rotatable bonds is 14. The third-order valence-corrected chi connectivity index (χ3v) is 26.2. The number of imidazole rings is 1. The Balaban J connectivity index is 0.000000113. The quantitative estimate of drug-likeness (QED) is 0.0782. The number of anilines is 1. The van der Waals surface area contributed by atoms with Gasteiger partial charge in [-0.25, -0.2) is 29.9 Å². The summed E-state index contributed by atoms with van der Waals surface area (Å²) >= 11 is 0. The summed E-state index contributed by atoms with van der Waals surface area (Å²) in [6, 6.07) is 157. The Morgan fingerprint density at radius 3 is 1.33 bits per heavy atom. The number of nitrogens with zero attached hydrogens (tertiary/aromatic N) is 10. The summed E-state index contributed by atoms with van der Waals surface area (Å²) in [6.45, 7) is 0. The second-order valence-electron chi connectivity index (χ2n) is 34.3. The molecular weight excluding hydrogens is 1620 g/mol. The summed E-state index contributed by atoms with van der Waals surface area (Å²) < 4.78 is 2.18. The van der Waals surface area contributed by atoms with Gasteiger partial charge in [-0.15, -0.1) is 0 Å². The Hall–Kier alpha value is -17.1. The second kappa shape index (κ2) is 35.5. The zero-order chi connectivity index (χ0) is 88.5. The molecule has 23 aromatic rings. The van der Waals surface area contributed by atoms with Crippen LogP contribution in [-0.2, 0) is 7.05 Å². The van der Waals surface area contributed by atoms with E-state index in [1.165, 1.54) is 124 Å². The Kier molecular flexibility index (Phi) is 21.5. The number of aliphatic imine (C=N–C) groups is 1. The van der Waals surface area contributed by atoms with Gasteiger partial charge in [0.1, 0.15) is 11.7 Å². The highest BCUT2D eigenvalue weighted by atomic mass is 15.3. The molecule has 0 saturated heterocycles. The Morgan fingerprint density at radius 2 is 0.714 bits per heavy atom. The first-order chi connectivity index (χ1) is 65.9. The molecule has 1 aliphatic heterocycles. The van der Waals surface area contributed by atoms with Crippen LogP contribution >= 0.6 is 0 Å². The SMILES string of the molecule is Cn1c(-c2ccccc2)nc2cc(-c3ccc4c(-c5ccccc5)c5ccccc5c(-c5ccccc5)c4c3)ccc21.c1ccc(-c2nc(-c3ccc(-c4ccc(C5=NC6CCCCC6N5c5ccccc5)cc4)cc3)c3ccc4ccccc4c3n2)cc1.c1ccc(-c2nc(-c3ccccc3)nc(-c3cc(-c4cccnc4)cc(-c4cc5ccccc5c5ccccc45)c3)n2)cc1. The average Bonchev–Trinajstić information content (AvgIpc) is 1.48. The number of aryl methyl sites for hydroxylation is 1. The zero-order valence-electron chi connectivity index (χ0n) is 73.3. The van der Waals surface area contributed by atoms with Gasteiger partial charge in [0.2, 0.25) is 0 Å². The summed E-state index contributed by atoms with van der Waals surface area (Å²) in [5.41, 5.74) is 26.5. The molecular formula is C123H88N10. The highest BCUT2D eigenvalue weighted by molar-refractivity contribution is 6.22. The highest BCUT2D eigenvalue weighted by Crippen LogP contribution is 2.47. The fraction of sp³-hybridized carbons (Fsp3) is 0.0569. The molecule has 0 bridgehead atoms. The van der Waals surface area contributed by atoms with Crippen molar-refractivity contribution in [3.05, 3.63) is 461 Å². The fourth-order valence-electron chi connectivity index (χ4n) is 19.7. The standard InChI is InChI=1S/C43H34N4.C40H26N4.C40H28N2/c1-3-12-33(13-4-1)42-45-40(37-28-27-31-11-7-8-16-36(31)41(37)46-42)32-23-19-29(20-24-32)30-21-25-34(26-22-30)43-44-38-17-9-10-18-39(38)47(43)35-14-5-2-6-15-35;1-3-12-27(13-4-1)38-42-39(28-14-5-2-6-15-28)44-40(43-38)33-23-31(30-17-11-21-41-26-30)22-32(24-33)37-25-29-16-7-8-18-34(29)35-19-9-10-20-36(35)37;1-42-37-24-22-31(26-36(37)41-40(42)29-17-9-4-10-18-29)30-21-23-34-35(25-30)39(28-15-7-3-8-16-28)33-20-12-11-19-32(33)38(34)27-13-5-2-6-14-27/h1-8,11-16,19-28,38-39H,9-10,17-18H2;1-26H;2-26H,1H3. The molecule has 0 N–H and O–H groups in total. The molecule has 5 heterocycles.